The van der Waals surface area contributed by atoms with E-state index in [9.17, 15) is 4.79 Å². The number of carbonyl (C=O) groups excluding carboxylic acids is 1. The molecule has 28 heavy (non-hydrogen) atoms. The maximum absolute atomic E-state index is 12.6. The topological polar surface area (TPSA) is 76.4 Å². The molecule has 1 fully saturated rings. The van der Waals surface area contributed by atoms with Crippen molar-refractivity contribution in [2.24, 2.45) is 7.05 Å². The van der Waals surface area contributed by atoms with E-state index >= 15 is 0 Å². The molecule has 0 aromatic carbocycles. The first kappa shape index (κ1) is 18.9. The van der Waals surface area contributed by atoms with E-state index in [4.69, 9.17) is 8.83 Å². The number of nitrogens with zero attached hydrogens (tertiary/aromatic N) is 3. The number of aromatic nitrogens is 2. The highest BCUT2D eigenvalue weighted by atomic mass is 32.2. The molecule has 1 amide bonds. The smallest absolute Gasteiger partial charge is 0.287 e. The minimum atomic E-state index is -0.205. The van der Waals surface area contributed by atoms with Crippen LogP contribution >= 0.6 is 11.8 Å². The summed E-state index contributed by atoms with van der Waals surface area (Å²) in [6.07, 6.45) is 7.71. The second-order valence-corrected chi connectivity index (χ2v) is 7.80. The van der Waals surface area contributed by atoms with Crippen molar-refractivity contribution >= 4 is 17.7 Å². The van der Waals surface area contributed by atoms with Gasteiger partial charge in [-0.3, -0.25) is 9.69 Å². The summed E-state index contributed by atoms with van der Waals surface area (Å²) in [5.74, 6) is 2.38. The van der Waals surface area contributed by atoms with E-state index in [2.05, 4.69) is 15.2 Å². The van der Waals surface area contributed by atoms with E-state index < -0.39 is 0 Å². The van der Waals surface area contributed by atoms with Gasteiger partial charge in [0.1, 0.15) is 11.5 Å². The fraction of sp³-hybridized carbons (Fsp3) is 0.400. The molecular formula is C20H24N4O3S. The molecule has 4 rings (SSSR count). The number of amides is 1. The predicted octanol–water partition coefficient (Wildman–Crippen LogP) is 3.47. The van der Waals surface area contributed by atoms with Gasteiger partial charge in [-0.2, -0.15) is 0 Å². The van der Waals surface area contributed by atoms with Gasteiger partial charge in [0, 0.05) is 26.0 Å². The molecule has 148 valence electrons. The van der Waals surface area contributed by atoms with Gasteiger partial charge < -0.3 is 18.7 Å². The highest BCUT2D eigenvalue weighted by Gasteiger charge is 2.26. The molecule has 8 heteroatoms. The van der Waals surface area contributed by atoms with Crippen LogP contribution in [0, 0.1) is 0 Å². The number of hydrogen-bond donors (Lipinski definition) is 1. The van der Waals surface area contributed by atoms with Gasteiger partial charge in [-0.05, 0) is 50.2 Å². The van der Waals surface area contributed by atoms with Crippen molar-refractivity contribution in [1.29, 1.82) is 0 Å². The summed E-state index contributed by atoms with van der Waals surface area (Å²) in [4.78, 5) is 19.2. The lowest BCUT2D eigenvalue weighted by molar-refractivity contribution is 0.0904. The number of carbonyl (C=O) groups is 1. The van der Waals surface area contributed by atoms with Crippen LogP contribution in [0.2, 0.25) is 0 Å². The highest BCUT2D eigenvalue weighted by Crippen LogP contribution is 2.25. The number of imidazole rings is 1. The molecule has 0 aliphatic carbocycles. The second-order valence-electron chi connectivity index (χ2n) is 6.86. The average molecular weight is 401 g/mol. The van der Waals surface area contributed by atoms with Crippen molar-refractivity contribution in [2.75, 3.05) is 19.6 Å². The van der Waals surface area contributed by atoms with Gasteiger partial charge in [0.25, 0.3) is 5.91 Å². The van der Waals surface area contributed by atoms with Crippen LogP contribution in [-0.4, -0.2) is 40.0 Å². The zero-order valence-corrected chi connectivity index (χ0v) is 16.7. The Morgan fingerprint density at radius 1 is 1.32 bits per heavy atom. The normalized spacial score (nSPS) is 15.8. The molecule has 1 N–H and O–H groups in total. The second kappa shape index (κ2) is 8.70. The fourth-order valence-corrected chi connectivity index (χ4v) is 4.25. The summed E-state index contributed by atoms with van der Waals surface area (Å²) >= 11 is 1.57. The van der Waals surface area contributed by atoms with Crippen molar-refractivity contribution in [2.45, 2.75) is 29.8 Å². The van der Waals surface area contributed by atoms with Crippen molar-refractivity contribution in [3.63, 3.8) is 0 Å². The monoisotopic (exact) mass is 400 g/mol. The van der Waals surface area contributed by atoms with Gasteiger partial charge in [0.2, 0.25) is 0 Å². The third-order valence-electron chi connectivity index (χ3n) is 4.91. The van der Waals surface area contributed by atoms with Crippen molar-refractivity contribution in [3.05, 3.63) is 60.2 Å². The molecule has 3 aromatic rings. The summed E-state index contributed by atoms with van der Waals surface area (Å²) in [6.45, 7) is 2.54. The molecule has 1 aliphatic rings. The largest absolute Gasteiger partial charge is 0.468 e. The number of aryl methyl sites for hydroxylation is 1. The van der Waals surface area contributed by atoms with Crippen molar-refractivity contribution in [1.82, 2.24) is 19.8 Å². The van der Waals surface area contributed by atoms with Gasteiger partial charge in [0.15, 0.2) is 10.9 Å². The van der Waals surface area contributed by atoms with Crippen LogP contribution in [0.3, 0.4) is 0 Å². The lowest BCUT2D eigenvalue weighted by Gasteiger charge is -2.25. The molecule has 0 bridgehead atoms. The molecular weight excluding hydrogens is 376 g/mol. The first-order valence-electron chi connectivity index (χ1n) is 9.45. The molecule has 1 aliphatic heterocycles. The number of furan rings is 2. The molecule has 1 saturated heterocycles. The summed E-state index contributed by atoms with van der Waals surface area (Å²) in [6, 6.07) is 7.47. The Morgan fingerprint density at radius 3 is 2.89 bits per heavy atom. The first-order chi connectivity index (χ1) is 13.7. The van der Waals surface area contributed by atoms with Gasteiger partial charge >= 0.3 is 0 Å². The van der Waals surface area contributed by atoms with Gasteiger partial charge in [0.05, 0.1) is 18.1 Å². The van der Waals surface area contributed by atoms with Gasteiger partial charge in [-0.15, -0.1) is 0 Å². The number of hydrogen-bond acceptors (Lipinski definition) is 6. The third kappa shape index (κ3) is 4.34. The lowest BCUT2D eigenvalue weighted by Crippen LogP contribution is -2.36. The van der Waals surface area contributed by atoms with Crippen LogP contribution in [-0.2, 0) is 12.8 Å². The van der Waals surface area contributed by atoms with Crippen molar-refractivity contribution in [3.8, 4) is 0 Å². The Balaban J connectivity index is 1.34. The van der Waals surface area contributed by atoms with Crippen LogP contribution < -0.4 is 5.32 Å². The number of likely N-dealkylation sites (tertiary alicyclic amines) is 1. The molecule has 1 atom stereocenters. The van der Waals surface area contributed by atoms with E-state index in [-0.39, 0.29) is 11.9 Å². The molecule has 0 saturated carbocycles. The van der Waals surface area contributed by atoms with E-state index in [1.165, 1.54) is 12.8 Å². The maximum Gasteiger partial charge on any atom is 0.287 e. The molecule has 7 nitrogen and oxygen atoms in total. The Morgan fingerprint density at radius 2 is 2.18 bits per heavy atom. The Kier molecular flexibility index (Phi) is 5.87. The van der Waals surface area contributed by atoms with E-state index in [1.54, 1.807) is 30.3 Å². The number of nitrogens with one attached hydrogen (secondary N) is 1. The maximum atomic E-state index is 12.6. The minimum Gasteiger partial charge on any atom is -0.468 e. The van der Waals surface area contributed by atoms with Crippen LogP contribution in [0.1, 0.15) is 41.0 Å². The third-order valence-corrected chi connectivity index (χ3v) is 6.00. The zero-order valence-electron chi connectivity index (χ0n) is 15.8. The SMILES string of the molecule is Cn1ccnc1SCc1ccc(C(=O)NCC(c2ccco2)N2CCCC2)o1. The van der Waals surface area contributed by atoms with Crippen LogP contribution in [0.15, 0.2) is 56.9 Å². The minimum absolute atomic E-state index is 0.0508. The summed E-state index contributed by atoms with van der Waals surface area (Å²) in [7, 11) is 1.95. The Bertz CT molecular complexity index is 896. The predicted molar refractivity (Wildman–Crippen MR) is 106 cm³/mol. The molecule has 0 spiro atoms. The highest BCUT2D eigenvalue weighted by molar-refractivity contribution is 7.98. The summed E-state index contributed by atoms with van der Waals surface area (Å²) in [5, 5.41) is 3.91. The quantitative estimate of drug-likeness (QED) is 0.584. The van der Waals surface area contributed by atoms with Crippen LogP contribution in [0.4, 0.5) is 0 Å². The number of rotatable bonds is 8. The molecule has 1 unspecified atom stereocenters. The average Bonchev–Trinajstić information content (AvgIpc) is 3.48. The van der Waals surface area contributed by atoms with E-state index in [0.717, 1.165) is 29.8 Å². The Labute approximate surface area is 168 Å². The summed E-state index contributed by atoms with van der Waals surface area (Å²) in [5.41, 5.74) is 0. The van der Waals surface area contributed by atoms with Gasteiger partial charge in [-0.25, -0.2) is 4.98 Å². The zero-order chi connectivity index (χ0) is 19.3. The first-order valence-corrected chi connectivity index (χ1v) is 10.4. The summed E-state index contributed by atoms with van der Waals surface area (Å²) < 4.78 is 13.3. The van der Waals surface area contributed by atoms with Crippen LogP contribution in [0.5, 0.6) is 0 Å². The molecule has 0 radical (unpaired) electrons. The van der Waals surface area contributed by atoms with Crippen molar-refractivity contribution < 1.29 is 13.6 Å². The van der Waals surface area contributed by atoms with Crippen LogP contribution in [0.25, 0.3) is 0 Å². The Hall–Kier alpha value is -2.45. The fourth-order valence-electron chi connectivity index (χ4n) is 3.42. The van der Waals surface area contributed by atoms with Gasteiger partial charge in [-0.1, -0.05) is 11.8 Å². The van der Waals surface area contributed by atoms with E-state index in [1.807, 2.05) is 36.0 Å². The standard InChI is InChI=1S/C20H24N4O3S/c1-23-11-8-21-20(23)28-14-15-6-7-18(27-15)19(25)22-13-16(17-5-4-12-26-17)24-9-2-3-10-24/h4-8,11-12,16H,2-3,9-10,13-14H2,1H3,(H,22,25). The lowest BCUT2D eigenvalue weighted by atomic mass is 10.2. The molecule has 3 aromatic heterocycles. The number of thioether (sulfide) groups is 1. The van der Waals surface area contributed by atoms with E-state index in [0.29, 0.717) is 18.1 Å². The molecule has 4 heterocycles.